The molecule has 0 saturated carbocycles. The molecule has 0 bridgehead atoms. The first-order chi connectivity index (χ1) is 17.7. The number of pyridine rings is 1. The third-order valence-corrected chi connectivity index (χ3v) is 5.99. The van der Waals surface area contributed by atoms with Crippen LogP contribution in [0.5, 0.6) is 0 Å². The summed E-state index contributed by atoms with van der Waals surface area (Å²) >= 11 is 0. The molecule has 1 unspecified atom stereocenters. The lowest BCUT2D eigenvalue weighted by Crippen LogP contribution is -2.24. The van der Waals surface area contributed by atoms with E-state index in [2.05, 4.69) is 35.7 Å². The third-order valence-electron chi connectivity index (χ3n) is 5.99. The van der Waals surface area contributed by atoms with Gasteiger partial charge in [0.15, 0.2) is 5.65 Å². The largest absolute Gasteiger partial charge is 0.345 e. The van der Waals surface area contributed by atoms with Gasteiger partial charge in [-0.2, -0.15) is 4.98 Å². The Bertz CT molecular complexity index is 1410. The number of halogens is 1. The van der Waals surface area contributed by atoms with Crippen molar-refractivity contribution in [3.05, 3.63) is 59.4 Å². The number of aldehydes is 1. The van der Waals surface area contributed by atoms with Gasteiger partial charge in [-0.1, -0.05) is 38.1 Å². The van der Waals surface area contributed by atoms with Crippen LogP contribution in [0.1, 0.15) is 67.4 Å². The number of rotatable bonds is 10. The summed E-state index contributed by atoms with van der Waals surface area (Å²) in [5.41, 5.74) is 2.46. The van der Waals surface area contributed by atoms with Crippen LogP contribution in [-0.4, -0.2) is 50.9 Å². The highest BCUT2D eigenvalue weighted by Crippen LogP contribution is 2.30. The van der Waals surface area contributed by atoms with Gasteiger partial charge < -0.3 is 24.9 Å². The van der Waals surface area contributed by atoms with E-state index in [1.54, 1.807) is 24.4 Å². The van der Waals surface area contributed by atoms with Gasteiger partial charge in [-0.05, 0) is 37.7 Å². The molecule has 10 nitrogen and oxygen atoms in total. The van der Waals surface area contributed by atoms with Crippen LogP contribution in [0.2, 0.25) is 0 Å². The molecule has 3 aromatic heterocycles. The van der Waals surface area contributed by atoms with Gasteiger partial charge in [0.2, 0.25) is 5.89 Å². The smallest absolute Gasteiger partial charge is 0.292 e. The normalized spacial score (nSPS) is 12.6. The van der Waals surface area contributed by atoms with E-state index in [0.29, 0.717) is 40.4 Å². The zero-order valence-electron chi connectivity index (χ0n) is 21.3. The predicted octanol–water partition coefficient (Wildman–Crippen LogP) is 3.66. The number of nitrogens with one attached hydrogen (secondary N) is 3. The molecule has 4 aromatic rings. The molecule has 0 fully saturated rings. The molecule has 1 aromatic carbocycles. The number of fused-ring (bicyclic) bond motifs is 1. The van der Waals surface area contributed by atoms with Crippen molar-refractivity contribution in [1.29, 1.82) is 0 Å². The number of aromatic nitrogens is 5. The summed E-state index contributed by atoms with van der Waals surface area (Å²) in [6.45, 7) is 6.39. The van der Waals surface area contributed by atoms with Crippen molar-refractivity contribution >= 4 is 23.4 Å². The predicted molar refractivity (Wildman–Crippen MR) is 135 cm³/mol. The van der Waals surface area contributed by atoms with Crippen molar-refractivity contribution in [1.82, 2.24) is 35.7 Å². The third kappa shape index (κ3) is 5.88. The van der Waals surface area contributed by atoms with Gasteiger partial charge in [0, 0.05) is 41.6 Å². The van der Waals surface area contributed by atoms with Crippen molar-refractivity contribution in [2.45, 2.75) is 51.5 Å². The molecule has 194 valence electrons. The van der Waals surface area contributed by atoms with Crippen molar-refractivity contribution in [3.63, 3.8) is 0 Å². The van der Waals surface area contributed by atoms with Crippen LogP contribution < -0.4 is 10.6 Å². The number of H-pyrrole nitrogens is 1. The summed E-state index contributed by atoms with van der Waals surface area (Å²) in [6.07, 6.45) is 3.58. The number of carbonyl (C=O) groups is 2. The Balaban J connectivity index is 1.53. The number of carbonyl (C=O) groups excluding carboxylic acids is 2. The van der Waals surface area contributed by atoms with E-state index < -0.39 is 11.7 Å². The summed E-state index contributed by atoms with van der Waals surface area (Å²) in [4.78, 5) is 39.9. The minimum absolute atomic E-state index is 0.0386. The highest BCUT2D eigenvalue weighted by Gasteiger charge is 2.24. The fourth-order valence-corrected chi connectivity index (χ4v) is 3.90. The zero-order chi connectivity index (χ0) is 26.6. The molecule has 3 N–H and O–H groups in total. The van der Waals surface area contributed by atoms with Crippen LogP contribution in [0.3, 0.4) is 0 Å². The van der Waals surface area contributed by atoms with Gasteiger partial charge in [0.25, 0.3) is 11.7 Å². The fraction of sp³-hybridized carbons (Fsp3) is 0.385. The molecule has 0 aliphatic rings. The van der Waals surface area contributed by atoms with Crippen LogP contribution >= 0.6 is 0 Å². The lowest BCUT2D eigenvalue weighted by molar-refractivity contribution is -0.108. The summed E-state index contributed by atoms with van der Waals surface area (Å²) in [7, 11) is 1.86. The van der Waals surface area contributed by atoms with E-state index in [-0.39, 0.29) is 23.7 Å². The highest BCUT2D eigenvalue weighted by atomic mass is 19.1. The van der Waals surface area contributed by atoms with Crippen molar-refractivity contribution in [2.75, 3.05) is 13.6 Å². The first kappa shape index (κ1) is 26.1. The highest BCUT2D eigenvalue weighted by molar-refractivity contribution is 5.91. The molecular weight excluding hydrogens is 477 g/mol. The second-order valence-corrected chi connectivity index (χ2v) is 9.83. The SMILES string of the molecule is CNCCC(CC=O)c1nc2nccc(-c3ccc(CNC(=O)c4noc(C(C)(C)C)n4)c(F)c3)c2[nH]1. The van der Waals surface area contributed by atoms with Crippen molar-refractivity contribution < 1.29 is 18.5 Å². The monoisotopic (exact) mass is 507 g/mol. The van der Waals surface area contributed by atoms with Gasteiger partial charge in [0.05, 0.1) is 5.52 Å². The topological polar surface area (TPSA) is 139 Å². The molecule has 0 saturated heterocycles. The fourth-order valence-electron chi connectivity index (χ4n) is 3.90. The van der Waals surface area contributed by atoms with Crippen molar-refractivity contribution in [2.24, 2.45) is 0 Å². The van der Waals surface area contributed by atoms with Crippen LogP contribution in [0.15, 0.2) is 35.0 Å². The minimum Gasteiger partial charge on any atom is -0.345 e. The van der Waals surface area contributed by atoms with E-state index in [4.69, 9.17) is 4.52 Å². The average Bonchev–Trinajstić information content (AvgIpc) is 3.53. The Labute approximate surface area is 213 Å². The van der Waals surface area contributed by atoms with Crippen LogP contribution in [-0.2, 0) is 16.8 Å². The molecule has 4 rings (SSSR count). The van der Waals surface area contributed by atoms with Gasteiger partial charge in [-0.15, -0.1) is 0 Å². The summed E-state index contributed by atoms with van der Waals surface area (Å²) < 4.78 is 20.2. The number of nitrogens with zero attached hydrogens (tertiary/aromatic N) is 4. The molecular formula is C26H30FN7O3. The Morgan fingerprint density at radius 1 is 1.24 bits per heavy atom. The second-order valence-electron chi connectivity index (χ2n) is 9.83. The molecule has 0 radical (unpaired) electrons. The maximum atomic E-state index is 15.0. The molecule has 0 aliphatic heterocycles. The molecule has 1 amide bonds. The Hall–Kier alpha value is -3.99. The molecule has 37 heavy (non-hydrogen) atoms. The van der Waals surface area contributed by atoms with E-state index in [0.717, 1.165) is 24.8 Å². The average molecular weight is 508 g/mol. The first-order valence-corrected chi connectivity index (χ1v) is 12.0. The van der Waals surface area contributed by atoms with E-state index >= 15 is 4.39 Å². The summed E-state index contributed by atoms with van der Waals surface area (Å²) in [5.74, 6) is -0.177. The number of amides is 1. The van der Waals surface area contributed by atoms with E-state index in [1.807, 2.05) is 27.8 Å². The van der Waals surface area contributed by atoms with Gasteiger partial charge in [0.1, 0.15) is 17.9 Å². The molecule has 3 heterocycles. The lowest BCUT2D eigenvalue weighted by Gasteiger charge is -2.10. The van der Waals surface area contributed by atoms with Crippen molar-refractivity contribution in [3.8, 4) is 11.1 Å². The van der Waals surface area contributed by atoms with Crippen LogP contribution in [0.4, 0.5) is 4.39 Å². The van der Waals surface area contributed by atoms with Crippen LogP contribution in [0.25, 0.3) is 22.3 Å². The maximum absolute atomic E-state index is 15.0. The van der Waals surface area contributed by atoms with E-state index in [9.17, 15) is 9.59 Å². The van der Waals surface area contributed by atoms with Gasteiger partial charge in [-0.25, -0.2) is 14.4 Å². The number of hydrogen-bond donors (Lipinski definition) is 3. The first-order valence-electron chi connectivity index (χ1n) is 12.0. The second kappa shape index (κ2) is 11.0. The standard InChI is InChI=1S/C26H30FN7O3/c1-26(2,3)25-33-23(34-37-25)24(36)30-14-17-6-5-16(13-19(17)27)18-8-11-29-22-20(18)31-21(32-22)15(9-12-35)7-10-28-4/h5-6,8,11-13,15,28H,7,9-10,14H2,1-4H3,(H,30,36)(H,29,31,32). The van der Waals surface area contributed by atoms with Gasteiger partial charge >= 0.3 is 0 Å². The molecule has 1 atom stereocenters. The molecule has 0 spiro atoms. The Kier molecular flexibility index (Phi) is 7.72. The summed E-state index contributed by atoms with van der Waals surface area (Å²) in [6, 6.07) is 6.59. The molecule has 0 aliphatic carbocycles. The number of benzene rings is 1. The Morgan fingerprint density at radius 2 is 2.05 bits per heavy atom. The Morgan fingerprint density at radius 3 is 2.73 bits per heavy atom. The number of hydrogen-bond acceptors (Lipinski definition) is 8. The zero-order valence-corrected chi connectivity index (χ0v) is 21.3. The summed E-state index contributed by atoms with van der Waals surface area (Å²) in [5, 5.41) is 9.43. The lowest BCUT2D eigenvalue weighted by atomic mass is 9.97. The quantitative estimate of drug-likeness (QED) is 0.277. The van der Waals surface area contributed by atoms with Crippen LogP contribution in [0, 0.1) is 5.82 Å². The number of aromatic amines is 1. The number of imidazole rings is 1. The molecule has 11 heteroatoms. The van der Waals surface area contributed by atoms with Gasteiger partial charge in [-0.3, -0.25) is 4.79 Å². The van der Waals surface area contributed by atoms with E-state index in [1.165, 1.54) is 6.07 Å². The maximum Gasteiger partial charge on any atom is 0.292 e. The minimum atomic E-state index is -0.549.